The number of aliphatic imine (C=N–C) groups is 1. The Labute approximate surface area is 232 Å². The van der Waals surface area contributed by atoms with Crippen LogP contribution in [0.3, 0.4) is 0 Å². The molecule has 1 amide bonds. The van der Waals surface area contributed by atoms with Crippen molar-refractivity contribution in [3.05, 3.63) is 74.6 Å². The minimum atomic E-state index is -4.82. The molecule has 4 heterocycles. The molecule has 0 radical (unpaired) electrons. The third-order valence-electron chi connectivity index (χ3n) is 7.61. The van der Waals surface area contributed by atoms with Gasteiger partial charge in [-0.05, 0) is 35.7 Å². The first kappa shape index (κ1) is 27.6. The van der Waals surface area contributed by atoms with Gasteiger partial charge in [0.25, 0.3) is 0 Å². The van der Waals surface area contributed by atoms with E-state index in [-0.39, 0.29) is 43.2 Å². The molecule has 0 spiro atoms. The molecule has 40 heavy (non-hydrogen) atoms. The van der Waals surface area contributed by atoms with Crippen molar-refractivity contribution in [3.63, 3.8) is 0 Å². The van der Waals surface area contributed by atoms with Crippen molar-refractivity contribution in [2.24, 2.45) is 16.6 Å². The van der Waals surface area contributed by atoms with Crippen molar-refractivity contribution in [2.75, 3.05) is 26.2 Å². The van der Waals surface area contributed by atoms with Gasteiger partial charge in [0, 0.05) is 47.8 Å². The standard InChI is InChI=1S/C28H26F3N5O3S/c29-28(30,31)26(33)22-12-34-11-17(35-8-7-16(13-35)27(38)39)5-6-25(37)36-14-23(20-4-2-1-3-19(20)22)21-9-18(10-32)40-24(21)15-36/h1-6,9,12,16-17,23H,7-8,11,13-15,33H2,(H,38,39)/b6-5+,26-22?,34-12?/t16?,17?,23-/m0/s1. The Morgan fingerprint density at radius 1 is 1.23 bits per heavy atom. The highest BCUT2D eigenvalue weighted by atomic mass is 32.1. The summed E-state index contributed by atoms with van der Waals surface area (Å²) < 4.78 is 41.9. The van der Waals surface area contributed by atoms with Crippen LogP contribution in [-0.2, 0) is 16.1 Å². The number of nitriles is 1. The third kappa shape index (κ3) is 5.39. The topological polar surface area (TPSA) is 123 Å². The van der Waals surface area contributed by atoms with Crippen molar-refractivity contribution in [1.29, 1.82) is 5.26 Å². The molecule has 3 N–H and O–H groups in total. The number of halogens is 3. The number of fused-ring (bicyclic) bond motifs is 6. The molecule has 0 saturated carbocycles. The molecule has 12 heteroatoms. The molecular formula is C28H26F3N5O3S. The summed E-state index contributed by atoms with van der Waals surface area (Å²) >= 11 is 1.26. The molecule has 8 nitrogen and oxygen atoms in total. The van der Waals surface area contributed by atoms with Crippen LogP contribution in [0.1, 0.15) is 38.8 Å². The Hall–Kier alpha value is -3.95. The van der Waals surface area contributed by atoms with Gasteiger partial charge in [-0.1, -0.05) is 30.3 Å². The van der Waals surface area contributed by atoms with Gasteiger partial charge < -0.3 is 15.7 Å². The molecule has 3 aliphatic heterocycles. The summed E-state index contributed by atoms with van der Waals surface area (Å²) in [6.07, 6.45) is -0.192. The summed E-state index contributed by atoms with van der Waals surface area (Å²) in [6, 6.07) is 9.98. The van der Waals surface area contributed by atoms with Crippen LogP contribution < -0.4 is 5.73 Å². The van der Waals surface area contributed by atoms with Crippen molar-refractivity contribution in [3.8, 4) is 6.07 Å². The van der Waals surface area contributed by atoms with Gasteiger partial charge in [0.1, 0.15) is 16.6 Å². The van der Waals surface area contributed by atoms with Crippen molar-refractivity contribution in [1.82, 2.24) is 9.80 Å². The minimum absolute atomic E-state index is 0.00915. The molecule has 3 atom stereocenters. The van der Waals surface area contributed by atoms with Gasteiger partial charge in [0.05, 0.1) is 19.0 Å². The number of carbonyl (C=O) groups is 2. The fourth-order valence-corrected chi connectivity index (χ4v) is 6.57. The number of amides is 1. The number of aliphatic carboxylic acids is 1. The fraction of sp³-hybridized carbons (Fsp3) is 0.357. The maximum Gasteiger partial charge on any atom is 0.431 e. The monoisotopic (exact) mass is 569 g/mol. The summed E-state index contributed by atoms with van der Waals surface area (Å²) in [6.45, 7) is 1.16. The molecule has 2 unspecified atom stereocenters. The zero-order chi connectivity index (χ0) is 28.6. The van der Waals surface area contributed by atoms with E-state index in [9.17, 15) is 33.1 Å². The van der Waals surface area contributed by atoms with Gasteiger partial charge in [0.2, 0.25) is 5.91 Å². The van der Waals surface area contributed by atoms with E-state index in [2.05, 4.69) is 11.1 Å². The SMILES string of the molecule is N#Cc1cc2c(s1)CN1C[C@H]2c2ccccc2C(=C(N)C(F)(F)F)C=NCC(N2CCC(C(=O)O)C2)/C=C/C1=O. The van der Waals surface area contributed by atoms with Crippen LogP contribution in [0.2, 0.25) is 0 Å². The first-order chi connectivity index (χ1) is 19.1. The first-order valence-electron chi connectivity index (χ1n) is 12.7. The van der Waals surface area contributed by atoms with Crippen LogP contribution in [0.5, 0.6) is 0 Å². The summed E-state index contributed by atoms with van der Waals surface area (Å²) in [5, 5.41) is 19.0. The average Bonchev–Trinajstić information content (AvgIpc) is 3.58. The summed E-state index contributed by atoms with van der Waals surface area (Å²) in [4.78, 5) is 34.0. The number of nitrogens with zero attached hydrogens (tertiary/aromatic N) is 4. The first-order valence-corrected chi connectivity index (χ1v) is 13.5. The molecule has 5 rings (SSSR count). The van der Waals surface area contributed by atoms with Crippen LogP contribution in [0.15, 0.2) is 53.2 Å². The van der Waals surface area contributed by atoms with E-state index in [1.165, 1.54) is 17.4 Å². The molecule has 0 aliphatic carbocycles. The number of hydrogen-bond donors (Lipinski definition) is 2. The molecule has 1 saturated heterocycles. The Morgan fingerprint density at radius 3 is 2.70 bits per heavy atom. The van der Waals surface area contributed by atoms with Gasteiger partial charge >= 0.3 is 12.1 Å². The summed E-state index contributed by atoms with van der Waals surface area (Å²) in [5.74, 6) is -2.27. The lowest BCUT2D eigenvalue weighted by Crippen LogP contribution is -2.38. The Bertz CT molecular complexity index is 1470. The van der Waals surface area contributed by atoms with E-state index in [1.54, 1.807) is 41.3 Å². The summed E-state index contributed by atoms with van der Waals surface area (Å²) in [7, 11) is 0. The molecule has 208 valence electrons. The zero-order valence-electron chi connectivity index (χ0n) is 21.3. The number of allylic oxidation sites excluding steroid dienone is 2. The number of hydrogen-bond acceptors (Lipinski definition) is 7. The smallest absolute Gasteiger partial charge is 0.431 e. The van der Waals surface area contributed by atoms with E-state index in [0.717, 1.165) is 16.7 Å². The van der Waals surface area contributed by atoms with Crippen molar-refractivity contribution >= 4 is 35.0 Å². The maximum absolute atomic E-state index is 14.0. The second-order valence-electron chi connectivity index (χ2n) is 10.0. The molecular weight excluding hydrogens is 543 g/mol. The predicted octanol–water partition coefficient (Wildman–Crippen LogP) is 3.74. The lowest BCUT2D eigenvalue weighted by molar-refractivity contribution is -0.141. The second-order valence-corrected chi connectivity index (χ2v) is 11.2. The van der Waals surface area contributed by atoms with Crippen LogP contribution in [-0.4, -0.2) is 71.4 Å². The number of alkyl halides is 3. The van der Waals surface area contributed by atoms with Gasteiger partial charge in [-0.2, -0.15) is 18.4 Å². The van der Waals surface area contributed by atoms with Crippen LogP contribution in [0.25, 0.3) is 5.57 Å². The molecule has 1 fully saturated rings. The van der Waals surface area contributed by atoms with Crippen LogP contribution in [0, 0.1) is 17.2 Å². The van der Waals surface area contributed by atoms with Gasteiger partial charge in [0.15, 0.2) is 0 Å². The number of carboxylic acid groups (broad SMARTS) is 1. The third-order valence-corrected chi connectivity index (χ3v) is 8.65. The van der Waals surface area contributed by atoms with Gasteiger partial charge in [-0.3, -0.25) is 19.5 Å². The lowest BCUT2D eigenvalue weighted by Gasteiger charge is -2.33. The Balaban J connectivity index is 1.66. The number of nitrogens with two attached hydrogens (primary N) is 1. The minimum Gasteiger partial charge on any atom is -0.481 e. The van der Waals surface area contributed by atoms with E-state index < -0.39 is 35.7 Å². The average molecular weight is 570 g/mol. The fourth-order valence-electron chi connectivity index (χ4n) is 5.53. The van der Waals surface area contributed by atoms with E-state index in [1.807, 2.05) is 4.90 Å². The predicted molar refractivity (Wildman–Crippen MR) is 144 cm³/mol. The molecule has 2 bridgehead atoms. The normalized spacial score (nSPS) is 25.6. The van der Waals surface area contributed by atoms with E-state index >= 15 is 0 Å². The highest BCUT2D eigenvalue weighted by Gasteiger charge is 2.37. The van der Waals surface area contributed by atoms with Crippen LogP contribution >= 0.6 is 11.3 Å². The number of benzene rings is 1. The largest absolute Gasteiger partial charge is 0.481 e. The van der Waals surface area contributed by atoms with Crippen molar-refractivity contribution in [2.45, 2.75) is 31.1 Å². The highest BCUT2D eigenvalue weighted by Crippen LogP contribution is 2.41. The quantitative estimate of drug-likeness (QED) is 0.568. The Morgan fingerprint density at radius 2 is 2.00 bits per heavy atom. The van der Waals surface area contributed by atoms with E-state index in [0.29, 0.717) is 23.4 Å². The van der Waals surface area contributed by atoms with Crippen molar-refractivity contribution < 1.29 is 27.9 Å². The molecule has 1 aromatic carbocycles. The van der Waals surface area contributed by atoms with E-state index in [4.69, 9.17) is 5.73 Å². The Kier molecular flexibility index (Phi) is 7.53. The number of thiophene rings is 1. The number of carboxylic acids is 1. The van der Waals surface area contributed by atoms with Gasteiger partial charge in [-0.25, -0.2) is 0 Å². The zero-order valence-corrected chi connectivity index (χ0v) is 22.1. The second kappa shape index (κ2) is 10.9. The summed E-state index contributed by atoms with van der Waals surface area (Å²) in [5.41, 5.74) is 5.71. The number of likely N-dealkylation sites (tertiary alicyclic amines) is 1. The molecule has 3 aliphatic rings. The molecule has 1 aromatic heterocycles. The number of carbonyl (C=O) groups excluding carboxylic acids is 1. The van der Waals surface area contributed by atoms with Crippen LogP contribution in [0.4, 0.5) is 13.2 Å². The lowest BCUT2D eigenvalue weighted by atomic mass is 9.83. The maximum atomic E-state index is 14.0. The molecule has 2 aromatic rings. The van der Waals surface area contributed by atoms with Gasteiger partial charge in [-0.15, -0.1) is 11.3 Å². The highest BCUT2D eigenvalue weighted by molar-refractivity contribution is 7.12. The number of rotatable bonds is 2.